The number of ether oxygens (including phenoxy) is 3. The maximum atomic E-state index is 14.3. The Balaban J connectivity index is 1.58. The van der Waals surface area contributed by atoms with Crippen molar-refractivity contribution in [2.24, 2.45) is 0 Å². The highest BCUT2D eigenvalue weighted by molar-refractivity contribution is 5.33. The second-order valence-electron chi connectivity index (χ2n) is 6.82. The highest BCUT2D eigenvalue weighted by Crippen LogP contribution is 2.37. The van der Waals surface area contributed by atoms with E-state index in [1.807, 2.05) is 0 Å². The molecule has 1 aliphatic rings. The molecule has 2 aromatic carbocycles. The third-order valence-electron chi connectivity index (χ3n) is 5.23. The van der Waals surface area contributed by atoms with E-state index in [4.69, 9.17) is 14.2 Å². The normalized spacial score (nSPS) is 19.5. The van der Waals surface area contributed by atoms with E-state index in [0.29, 0.717) is 31.2 Å². The molecular weight excluding hydrogens is 376 g/mol. The minimum absolute atomic E-state index is 0.0619. The molecule has 0 heterocycles. The van der Waals surface area contributed by atoms with Crippen molar-refractivity contribution in [3.8, 4) is 11.5 Å². The van der Waals surface area contributed by atoms with Gasteiger partial charge in [0.2, 0.25) is 11.6 Å². The van der Waals surface area contributed by atoms with E-state index in [1.165, 1.54) is 32.4 Å². The molecule has 0 spiro atoms. The van der Waals surface area contributed by atoms with Crippen LogP contribution >= 0.6 is 0 Å². The van der Waals surface area contributed by atoms with Gasteiger partial charge < -0.3 is 14.2 Å². The van der Waals surface area contributed by atoms with Crippen LogP contribution in [0.3, 0.4) is 0 Å². The Morgan fingerprint density at radius 2 is 1.32 bits per heavy atom. The molecule has 1 aliphatic carbocycles. The van der Waals surface area contributed by atoms with Crippen molar-refractivity contribution < 1.29 is 31.8 Å². The van der Waals surface area contributed by atoms with E-state index in [-0.39, 0.29) is 35.7 Å². The van der Waals surface area contributed by atoms with Gasteiger partial charge >= 0.3 is 0 Å². The van der Waals surface area contributed by atoms with Gasteiger partial charge in [0, 0.05) is 5.56 Å². The standard InChI is InChI=1S/C21H22F4O3/c1-26-16-9-5-13(18(22)20(16)24)11-28-14-6-3-12(4-7-14)15-8-10-17(27-2)21(25)19(15)23/h5,8-10,12,14H,3-4,6-7,11H2,1-2H3. The minimum atomic E-state index is -1.04. The second kappa shape index (κ2) is 8.82. The Labute approximate surface area is 161 Å². The van der Waals surface area contributed by atoms with E-state index in [0.717, 1.165) is 0 Å². The van der Waals surface area contributed by atoms with Crippen LogP contribution in [-0.4, -0.2) is 20.3 Å². The van der Waals surface area contributed by atoms with Gasteiger partial charge in [0.1, 0.15) is 0 Å². The molecule has 3 nitrogen and oxygen atoms in total. The van der Waals surface area contributed by atoms with Crippen LogP contribution in [0.4, 0.5) is 17.6 Å². The smallest absolute Gasteiger partial charge is 0.200 e. The fourth-order valence-corrected chi connectivity index (χ4v) is 3.61. The topological polar surface area (TPSA) is 27.7 Å². The summed E-state index contributed by atoms with van der Waals surface area (Å²) in [6.07, 6.45) is 2.34. The second-order valence-corrected chi connectivity index (χ2v) is 6.82. The first-order chi connectivity index (χ1) is 13.5. The summed E-state index contributed by atoms with van der Waals surface area (Å²) in [5.41, 5.74) is 0.448. The monoisotopic (exact) mass is 398 g/mol. The highest BCUT2D eigenvalue weighted by atomic mass is 19.2. The van der Waals surface area contributed by atoms with Crippen LogP contribution in [0.25, 0.3) is 0 Å². The molecular formula is C21H22F4O3. The van der Waals surface area contributed by atoms with Gasteiger partial charge in [-0.2, -0.15) is 8.78 Å². The van der Waals surface area contributed by atoms with Gasteiger partial charge in [0.05, 0.1) is 26.9 Å². The molecule has 0 N–H and O–H groups in total. The Morgan fingerprint density at radius 3 is 1.93 bits per heavy atom. The first-order valence-corrected chi connectivity index (χ1v) is 9.10. The zero-order valence-electron chi connectivity index (χ0n) is 15.7. The van der Waals surface area contributed by atoms with Gasteiger partial charge in [-0.1, -0.05) is 6.07 Å². The molecule has 152 valence electrons. The molecule has 0 aromatic heterocycles. The third-order valence-corrected chi connectivity index (χ3v) is 5.23. The van der Waals surface area contributed by atoms with Crippen molar-refractivity contribution in [1.29, 1.82) is 0 Å². The van der Waals surface area contributed by atoms with Gasteiger partial charge in [-0.3, -0.25) is 0 Å². The highest BCUT2D eigenvalue weighted by Gasteiger charge is 2.27. The summed E-state index contributed by atoms with van der Waals surface area (Å²) < 4.78 is 71.2. The van der Waals surface area contributed by atoms with Crippen molar-refractivity contribution in [3.05, 3.63) is 58.7 Å². The Morgan fingerprint density at radius 1 is 0.750 bits per heavy atom. The largest absolute Gasteiger partial charge is 0.494 e. The average molecular weight is 398 g/mol. The molecule has 0 bridgehead atoms. The molecule has 0 atom stereocenters. The molecule has 0 unspecified atom stereocenters. The van der Waals surface area contributed by atoms with Crippen molar-refractivity contribution in [2.75, 3.05) is 14.2 Å². The van der Waals surface area contributed by atoms with Crippen LogP contribution in [0.1, 0.15) is 42.7 Å². The molecule has 1 saturated carbocycles. The van der Waals surface area contributed by atoms with Crippen molar-refractivity contribution in [1.82, 2.24) is 0 Å². The molecule has 0 aliphatic heterocycles. The Kier molecular flexibility index (Phi) is 6.44. The van der Waals surface area contributed by atoms with Crippen molar-refractivity contribution in [3.63, 3.8) is 0 Å². The third kappa shape index (κ3) is 4.09. The summed E-state index contributed by atoms with van der Waals surface area (Å²) in [5, 5.41) is 0. The number of hydrogen-bond acceptors (Lipinski definition) is 3. The number of hydrogen-bond donors (Lipinski definition) is 0. The van der Waals surface area contributed by atoms with Crippen LogP contribution in [0.5, 0.6) is 11.5 Å². The molecule has 0 saturated heterocycles. The average Bonchev–Trinajstić information content (AvgIpc) is 2.72. The lowest BCUT2D eigenvalue weighted by molar-refractivity contribution is 0.0116. The predicted molar refractivity (Wildman–Crippen MR) is 95.6 cm³/mol. The molecule has 0 radical (unpaired) electrons. The summed E-state index contributed by atoms with van der Waals surface area (Å²) in [6, 6.07) is 5.77. The number of benzene rings is 2. The van der Waals surface area contributed by atoms with Crippen LogP contribution in [-0.2, 0) is 11.3 Å². The summed E-state index contributed by atoms with van der Waals surface area (Å²) in [7, 11) is 2.56. The van der Waals surface area contributed by atoms with Gasteiger partial charge in [-0.15, -0.1) is 0 Å². The fraction of sp³-hybridized carbons (Fsp3) is 0.429. The van der Waals surface area contributed by atoms with Crippen LogP contribution in [0, 0.1) is 23.3 Å². The summed E-state index contributed by atoms with van der Waals surface area (Å²) in [5.74, 6) is -4.26. The first-order valence-electron chi connectivity index (χ1n) is 9.10. The maximum absolute atomic E-state index is 14.3. The first kappa shape index (κ1) is 20.5. The van der Waals surface area contributed by atoms with E-state index < -0.39 is 23.3 Å². The van der Waals surface area contributed by atoms with Crippen molar-refractivity contribution >= 4 is 0 Å². The van der Waals surface area contributed by atoms with Gasteiger partial charge in [-0.05, 0) is 55.4 Å². The lowest BCUT2D eigenvalue weighted by atomic mass is 9.82. The molecule has 28 heavy (non-hydrogen) atoms. The molecule has 0 amide bonds. The lowest BCUT2D eigenvalue weighted by Gasteiger charge is -2.29. The minimum Gasteiger partial charge on any atom is -0.494 e. The summed E-state index contributed by atoms with van der Waals surface area (Å²) >= 11 is 0. The predicted octanol–water partition coefficient (Wildman–Crippen LogP) is 5.50. The van der Waals surface area contributed by atoms with E-state index in [1.54, 1.807) is 6.07 Å². The molecule has 3 rings (SSSR count). The molecule has 1 fully saturated rings. The van der Waals surface area contributed by atoms with Crippen LogP contribution < -0.4 is 9.47 Å². The summed E-state index contributed by atoms with van der Waals surface area (Å²) in [6.45, 7) is -0.0619. The van der Waals surface area contributed by atoms with E-state index >= 15 is 0 Å². The van der Waals surface area contributed by atoms with Crippen LogP contribution in [0.2, 0.25) is 0 Å². The number of methoxy groups -OCH3 is 2. The van der Waals surface area contributed by atoms with Crippen LogP contribution in [0.15, 0.2) is 24.3 Å². The van der Waals surface area contributed by atoms with E-state index in [2.05, 4.69) is 0 Å². The molecule has 7 heteroatoms. The number of halogens is 4. The quantitative estimate of drug-likeness (QED) is 0.601. The zero-order chi connectivity index (χ0) is 20.3. The Bertz CT molecular complexity index is 833. The zero-order valence-corrected chi connectivity index (χ0v) is 15.7. The van der Waals surface area contributed by atoms with Gasteiger partial charge in [0.25, 0.3) is 0 Å². The number of rotatable bonds is 6. The SMILES string of the molecule is COc1ccc(COC2CCC(c3ccc(OC)c(F)c3F)CC2)c(F)c1F. The van der Waals surface area contributed by atoms with Gasteiger partial charge in [0.15, 0.2) is 23.1 Å². The van der Waals surface area contributed by atoms with E-state index in [9.17, 15) is 17.6 Å². The van der Waals surface area contributed by atoms with Crippen molar-refractivity contribution in [2.45, 2.75) is 44.3 Å². The maximum Gasteiger partial charge on any atom is 0.200 e. The Hall–Kier alpha value is -2.28. The lowest BCUT2D eigenvalue weighted by Crippen LogP contribution is -2.21. The fourth-order valence-electron chi connectivity index (χ4n) is 3.61. The molecule has 2 aromatic rings. The van der Waals surface area contributed by atoms with Gasteiger partial charge in [-0.25, -0.2) is 8.78 Å². The summed E-state index contributed by atoms with van der Waals surface area (Å²) in [4.78, 5) is 0.